The Morgan fingerprint density at radius 2 is 1.75 bits per heavy atom. The summed E-state index contributed by atoms with van der Waals surface area (Å²) in [4.78, 5) is 12.6. The molecule has 0 atom stereocenters. The van der Waals surface area contributed by atoms with Crippen molar-refractivity contribution >= 4 is 46.7 Å². The van der Waals surface area contributed by atoms with Crippen molar-refractivity contribution in [3.05, 3.63) is 98.2 Å². The number of carbonyl (C=O) groups is 1. The van der Waals surface area contributed by atoms with E-state index in [0.29, 0.717) is 44.3 Å². The van der Waals surface area contributed by atoms with Crippen molar-refractivity contribution in [2.24, 2.45) is 0 Å². The third-order valence-corrected chi connectivity index (χ3v) is 5.17. The van der Waals surface area contributed by atoms with E-state index in [0.717, 1.165) is 5.56 Å². The maximum absolute atomic E-state index is 12.6. The lowest BCUT2D eigenvalue weighted by atomic mass is 10.1. The highest BCUT2D eigenvalue weighted by molar-refractivity contribution is 6.35. The molecule has 28 heavy (non-hydrogen) atoms. The second-order valence-electron chi connectivity index (χ2n) is 6.14. The molecule has 0 spiro atoms. The maximum atomic E-state index is 12.6. The molecule has 0 unspecified atom stereocenters. The van der Waals surface area contributed by atoms with Crippen LogP contribution in [0.25, 0.3) is 6.08 Å². The van der Waals surface area contributed by atoms with Crippen molar-refractivity contribution in [3.63, 3.8) is 0 Å². The van der Waals surface area contributed by atoms with Crippen molar-refractivity contribution < 1.29 is 14.3 Å². The van der Waals surface area contributed by atoms with Crippen LogP contribution in [0, 0.1) is 0 Å². The lowest BCUT2D eigenvalue weighted by molar-refractivity contribution is 0.101. The highest BCUT2D eigenvalue weighted by Gasteiger charge is 2.28. The number of ketones is 1. The van der Waals surface area contributed by atoms with Gasteiger partial charge >= 0.3 is 0 Å². The molecule has 4 rings (SSSR count). The number of benzene rings is 3. The summed E-state index contributed by atoms with van der Waals surface area (Å²) in [5.41, 5.74) is 2.00. The molecule has 1 aliphatic rings. The van der Waals surface area contributed by atoms with Gasteiger partial charge < -0.3 is 9.47 Å². The van der Waals surface area contributed by atoms with Crippen LogP contribution in [0.5, 0.6) is 11.5 Å². The number of allylic oxidation sites excluding steroid dienone is 1. The summed E-state index contributed by atoms with van der Waals surface area (Å²) >= 11 is 18.2. The fourth-order valence-electron chi connectivity index (χ4n) is 2.79. The highest BCUT2D eigenvalue weighted by atomic mass is 35.5. The number of hydrogen-bond acceptors (Lipinski definition) is 3. The van der Waals surface area contributed by atoms with Crippen molar-refractivity contribution in [3.8, 4) is 11.5 Å². The molecule has 0 saturated heterocycles. The second kappa shape index (κ2) is 7.88. The van der Waals surface area contributed by atoms with E-state index in [-0.39, 0.29) is 11.5 Å². The van der Waals surface area contributed by atoms with Crippen molar-refractivity contribution in [2.45, 2.75) is 6.61 Å². The van der Waals surface area contributed by atoms with E-state index in [1.165, 1.54) is 0 Å². The molecule has 0 aliphatic carbocycles. The summed E-state index contributed by atoms with van der Waals surface area (Å²) in [5, 5.41) is 1.60. The maximum Gasteiger partial charge on any atom is 0.231 e. The van der Waals surface area contributed by atoms with E-state index >= 15 is 0 Å². The fraction of sp³-hybridized carbons (Fsp3) is 0.0455. The summed E-state index contributed by atoms with van der Waals surface area (Å²) in [6, 6.07) is 17.6. The predicted molar refractivity (Wildman–Crippen MR) is 112 cm³/mol. The highest BCUT2D eigenvalue weighted by Crippen LogP contribution is 2.36. The van der Waals surface area contributed by atoms with Crippen molar-refractivity contribution in [1.29, 1.82) is 0 Å². The van der Waals surface area contributed by atoms with Crippen LogP contribution in [0.15, 0.2) is 66.4 Å². The van der Waals surface area contributed by atoms with Crippen LogP contribution in [0.2, 0.25) is 15.1 Å². The zero-order chi connectivity index (χ0) is 19.7. The summed E-state index contributed by atoms with van der Waals surface area (Å²) in [6.45, 7) is 0.315. The average molecular weight is 432 g/mol. The Kier molecular flexibility index (Phi) is 5.31. The number of rotatable bonds is 4. The minimum absolute atomic E-state index is 0.197. The Bertz CT molecular complexity index is 1110. The molecule has 1 heterocycles. The van der Waals surface area contributed by atoms with Gasteiger partial charge in [0.1, 0.15) is 18.1 Å². The normalized spacial score (nSPS) is 14.1. The monoisotopic (exact) mass is 430 g/mol. The third-order valence-electron chi connectivity index (χ3n) is 4.24. The van der Waals surface area contributed by atoms with Gasteiger partial charge in [-0.05, 0) is 42.0 Å². The van der Waals surface area contributed by atoms with Gasteiger partial charge in [-0.25, -0.2) is 0 Å². The first kappa shape index (κ1) is 18.9. The molecule has 140 valence electrons. The molecule has 0 amide bonds. The largest absolute Gasteiger partial charge is 0.489 e. The van der Waals surface area contributed by atoms with Crippen LogP contribution in [-0.4, -0.2) is 5.78 Å². The van der Waals surface area contributed by atoms with Gasteiger partial charge in [0, 0.05) is 26.7 Å². The lowest BCUT2D eigenvalue weighted by Gasteiger charge is -2.08. The van der Waals surface area contributed by atoms with E-state index in [1.807, 2.05) is 24.3 Å². The summed E-state index contributed by atoms with van der Waals surface area (Å²) in [7, 11) is 0. The van der Waals surface area contributed by atoms with Gasteiger partial charge in [-0.1, -0.05) is 59.1 Å². The first-order valence-electron chi connectivity index (χ1n) is 8.41. The van der Waals surface area contributed by atoms with Crippen LogP contribution in [0.3, 0.4) is 0 Å². The minimum atomic E-state index is -0.210. The fourth-order valence-corrected chi connectivity index (χ4v) is 3.45. The van der Waals surface area contributed by atoms with Crippen LogP contribution >= 0.6 is 34.8 Å². The van der Waals surface area contributed by atoms with Gasteiger partial charge in [0.15, 0.2) is 5.76 Å². The molecular formula is C22H13Cl3O3. The zero-order valence-electron chi connectivity index (χ0n) is 14.4. The van der Waals surface area contributed by atoms with Gasteiger partial charge in [-0.3, -0.25) is 4.79 Å². The standard InChI is InChI=1S/C22H13Cl3O3/c23-15-6-5-13(19(25)10-15)9-21-22(26)17-8-7-16(11-20(17)28-21)27-12-14-3-1-2-4-18(14)24/h1-11H,12H2. The topological polar surface area (TPSA) is 35.5 Å². The SMILES string of the molecule is O=C1C(=Cc2ccc(Cl)cc2Cl)Oc2cc(OCc3ccccc3Cl)ccc21. The molecule has 0 aromatic heterocycles. The molecule has 0 radical (unpaired) electrons. The Morgan fingerprint density at radius 1 is 0.929 bits per heavy atom. The van der Waals surface area contributed by atoms with Gasteiger partial charge in [0.2, 0.25) is 5.78 Å². The number of ether oxygens (including phenoxy) is 2. The van der Waals surface area contributed by atoms with E-state index in [4.69, 9.17) is 44.3 Å². The van der Waals surface area contributed by atoms with Crippen LogP contribution < -0.4 is 9.47 Å². The van der Waals surface area contributed by atoms with Crippen molar-refractivity contribution in [1.82, 2.24) is 0 Å². The van der Waals surface area contributed by atoms with E-state index in [9.17, 15) is 4.79 Å². The van der Waals surface area contributed by atoms with Gasteiger partial charge in [-0.15, -0.1) is 0 Å². The number of halogens is 3. The number of fused-ring (bicyclic) bond motifs is 1. The Labute approximate surface area is 177 Å². The number of Topliss-reactive ketones (excluding diaryl/α,β-unsaturated/α-hetero) is 1. The van der Waals surface area contributed by atoms with Crippen LogP contribution in [-0.2, 0) is 6.61 Å². The van der Waals surface area contributed by atoms with Gasteiger partial charge in [-0.2, -0.15) is 0 Å². The second-order valence-corrected chi connectivity index (χ2v) is 7.39. The minimum Gasteiger partial charge on any atom is -0.489 e. The molecule has 0 saturated carbocycles. The summed E-state index contributed by atoms with van der Waals surface area (Å²) in [6.07, 6.45) is 1.60. The van der Waals surface area contributed by atoms with Crippen LogP contribution in [0.1, 0.15) is 21.5 Å². The van der Waals surface area contributed by atoms with Gasteiger partial charge in [0.05, 0.1) is 5.56 Å². The van der Waals surface area contributed by atoms with Crippen LogP contribution in [0.4, 0.5) is 0 Å². The molecular weight excluding hydrogens is 419 g/mol. The molecule has 3 aromatic rings. The predicted octanol–water partition coefficient (Wildman–Crippen LogP) is 6.84. The smallest absolute Gasteiger partial charge is 0.231 e. The van der Waals surface area contributed by atoms with E-state index in [2.05, 4.69) is 0 Å². The average Bonchev–Trinajstić information content (AvgIpc) is 2.98. The third kappa shape index (κ3) is 3.88. The molecule has 6 heteroatoms. The first-order valence-corrected chi connectivity index (χ1v) is 9.54. The van der Waals surface area contributed by atoms with E-state index in [1.54, 1.807) is 42.5 Å². The first-order chi connectivity index (χ1) is 13.5. The Morgan fingerprint density at radius 3 is 2.54 bits per heavy atom. The number of hydrogen-bond donors (Lipinski definition) is 0. The Balaban J connectivity index is 1.54. The van der Waals surface area contributed by atoms with Crippen molar-refractivity contribution in [2.75, 3.05) is 0 Å². The van der Waals surface area contributed by atoms with E-state index < -0.39 is 0 Å². The number of carbonyl (C=O) groups excluding carboxylic acids is 1. The summed E-state index contributed by atoms with van der Waals surface area (Å²) in [5.74, 6) is 1.01. The zero-order valence-corrected chi connectivity index (χ0v) is 16.7. The molecule has 0 fully saturated rings. The lowest BCUT2D eigenvalue weighted by Crippen LogP contribution is -1.98. The molecule has 3 nitrogen and oxygen atoms in total. The Hall–Kier alpha value is -2.46. The molecule has 3 aromatic carbocycles. The molecule has 0 bridgehead atoms. The molecule has 1 aliphatic heterocycles. The molecule has 0 N–H and O–H groups in total. The van der Waals surface area contributed by atoms with Gasteiger partial charge in [0.25, 0.3) is 0 Å². The quantitative estimate of drug-likeness (QED) is 0.424. The summed E-state index contributed by atoms with van der Waals surface area (Å²) < 4.78 is 11.5.